The molecular formula is C13H12BrN3O2. The Bertz CT molecular complexity index is 677. The highest BCUT2D eigenvalue weighted by atomic mass is 79.9. The minimum Gasteiger partial charge on any atom is -0.326 e. The Kier molecular flexibility index (Phi) is 3.80. The molecule has 0 spiro atoms. The summed E-state index contributed by atoms with van der Waals surface area (Å²) in [4.78, 5) is 22.9. The molecule has 1 aromatic heterocycles. The van der Waals surface area contributed by atoms with Crippen molar-refractivity contribution in [1.82, 2.24) is 9.78 Å². The number of amides is 1. The second-order valence-electron chi connectivity index (χ2n) is 4.08. The van der Waals surface area contributed by atoms with Crippen molar-refractivity contribution in [3.05, 3.63) is 50.9 Å². The fourth-order valence-electron chi connectivity index (χ4n) is 1.64. The van der Waals surface area contributed by atoms with Crippen LogP contribution in [0.5, 0.6) is 0 Å². The van der Waals surface area contributed by atoms with Crippen LogP contribution in [0.4, 0.5) is 5.69 Å². The topological polar surface area (TPSA) is 64.0 Å². The Balaban J connectivity index is 2.43. The molecule has 1 amide bonds. The summed E-state index contributed by atoms with van der Waals surface area (Å²) in [5, 5.41) is 6.85. The van der Waals surface area contributed by atoms with Crippen molar-refractivity contribution in [1.29, 1.82) is 0 Å². The number of nitrogens with zero attached hydrogens (tertiary/aromatic N) is 2. The molecule has 0 saturated heterocycles. The largest absolute Gasteiger partial charge is 0.326 e. The molecule has 6 heteroatoms. The van der Waals surface area contributed by atoms with Gasteiger partial charge in [-0.25, -0.2) is 0 Å². The Hall–Kier alpha value is -1.95. The second-order valence-corrected chi connectivity index (χ2v) is 4.93. The van der Waals surface area contributed by atoms with Crippen LogP contribution < -0.4 is 10.9 Å². The molecule has 0 bridgehead atoms. The summed E-state index contributed by atoms with van der Waals surface area (Å²) in [5.41, 5.74) is 1.83. The number of halogens is 1. The summed E-state index contributed by atoms with van der Waals surface area (Å²) in [5.74, 6) is -0.138. The lowest BCUT2D eigenvalue weighted by Gasteiger charge is -2.07. The maximum Gasteiger partial charge on any atom is 0.285 e. The number of hydrogen-bond donors (Lipinski definition) is 1. The highest BCUT2D eigenvalue weighted by Crippen LogP contribution is 2.13. The molecule has 98 valence electrons. The first-order chi connectivity index (χ1) is 8.97. The number of hydrogen-bond acceptors (Lipinski definition) is 3. The van der Waals surface area contributed by atoms with E-state index in [2.05, 4.69) is 26.3 Å². The fraction of sp³-hybridized carbons (Fsp3) is 0.154. The number of nitrogens with one attached hydrogen (secondary N) is 1. The summed E-state index contributed by atoms with van der Waals surface area (Å²) in [6.07, 6.45) is 0. The van der Waals surface area contributed by atoms with Gasteiger partial charge in [-0.15, -0.1) is 0 Å². The first kappa shape index (κ1) is 13.5. The molecule has 1 aromatic carbocycles. The molecule has 19 heavy (non-hydrogen) atoms. The van der Waals surface area contributed by atoms with Gasteiger partial charge in [0, 0.05) is 12.6 Å². The van der Waals surface area contributed by atoms with Crippen molar-refractivity contribution in [2.24, 2.45) is 0 Å². The van der Waals surface area contributed by atoms with Crippen LogP contribution in [0.2, 0.25) is 0 Å². The van der Waals surface area contributed by atoms with Gasteiger partial charge in [0.1, 0.15) is 0 Å². The van der Waals surface area contributed by atoms with Crippen LogP contribution in [0.15, 0.2) is 39.6 Å². The molecular weight excluding hydrogens is 310 g/mol. The quantitative estimate of drug-likeness (QED) is 0.922. The van der Waals surface area contributed by atoms with Gasteiger partial charge in [-0.3, -0.25) is 9.59 Å². The third kappa shape index (κ3) is 3.08. The summed E-state index contributed by atoms with van der Waals surface area (Å²) < 4.78 is 1.78. The monoisotopic (exact) mass is 321 g/mol. The molecule has 5 nitrogen and oxygen atoms in total. The van der Waals surface area contributed by atoms with Gasteiger partial charge in [0.15, 0.2) is 0 Å². The fourth-order valence-corrected chi connectivity index (χ4v) is 2.14. The SMILES string of the molecule is CC(=O)Nc1ccc(-n2nc(C)cc(Br)c2=O)cc1. The first-order valence-electron chi connectivity index (χ1n) is 5.62. The zero-order valence-corrected chi connectivity index (χ0v) is 12.1. The van der Waals surface area contributed by atoms with Crippen molar-refractivity contribution in [3.63, 3.8) is 0 Å². The number of aromatic nitrogens is 2. The minimum atomic E-state index is -0.224. The van der Waals surface area contributed by atoms with Gasteiger partial charge in [0.2, 0.25) is 5.91 Å². The number of carbonyl (C=O) groups is 1. The van der Waals surface area contributed by atoms with E-state index in [0.717, 1.165) is 5.69 Å². The van der Waals surface area contributed by atoms with Crippen molar-refractivity contribution in [3.8, 4) is 5.69 Å². The smallest absolute Gasteiger partial charge is 0.285 e. The van der Waals surface area contributed by atoms with Gasteiger partial charge in [-0.2, -0.15) is 9.78 Å². The number of rotatable bonds is 2. The van der Waals surface area contributed by atoms with Crippen molar-refractivity contribution < 1.29 is 4.79 Å². The van der Waals surface area contributed by atoms with Crippen LogP contribution in [0.1, 0.15) is 12.6 Å². The third-order valence-electron chi connectivity index (χ3n) is 2.42. The molecule has 0 aliphatic heterocycles. The predicted octanol–water partition coefficient (Wildman–Crippen LogP) is 2.26. The molecule has 0 unspecified atom stereocenters. The van der Waals surface area contributed by atoms with Crippen molar-refractivity contribution >= 4 is 27.5 Å². The van der Waals surface area contributed by atoms with Gasteiger partial charge < -0.3 is 5.32 Å². The zero-order chi connectivity index (χ0) is 14.0. The van der Waals surface area contributed by atoms with E-state index in [-0.39, 0.29) is 11.5 Å². The first-order valence-corrected chi connectivity index (χ1v) is 6.41. The summed E-state index contributed by atoms with van der Waals surface area (Å²) in [6.45, 7) is 3.25. The van der Waals surface area contributed by atoms with Crippen LogP contribution in [0, 0.1) is 6.92 Å². The maximum absolute atomic E-state index is 12.0. The summed E-state index contributed by atoms with van der Waals surface area (Å²) in [7, 11) is 0. The van der Waals surface area contributed by atoms with Crippen molar-refractivity contribution in [2.45, 2.75) is 13.8 Å². The molecule has 0 atom stereocenters. The van der Waals surface area contributed by atoms with E-state index in [1.165, 1.54) is 11.6 Å². The van der Waals surface area contributed by atoms with Crippen LogP contribution in [-0.4, -0.2) is 15.7 Å². The molecule has 0 radical (unpaired) electrons. The number of carbonyl (C=O) groups excluding carboxylic acids is 1. The van der Waals surface area contributed by atoms with E-state index in [0.29, 0.717) is 15.8 Å². The average Bonchev–Trinajstić information content (AvgIpc) is 2.34. The predicted molar refractivity (Wildman–Crippen MR) is 76.6 cm³/mol. The molecule has 0 saturated carbocycles. The van der Waals surface area contributed by atoms with E-state index < -0.39 is 0 Å². The zero-order valence-electron chi connectivity index (χ0n) is 10.5. The van der Waals surface area contributed by atoms with Crippen LogP contribution >= 0.6 is 15.9 Å². The Morgan fingerprint density at radius 2 is 1.95 bits per heavy atom. The van der Waals surface area contributed by atoms with Gasteiger partial charge in [0.25, 0.3) is 5.56 Å². The van der Waals surface area contributed by atoms with E-state index in [1.54, 1.807) is 30.3 Å². The molecule has 0 aliphatic rings. The minimum absolute atomic E-state index is 0.138. The highest BCUT2D eigenvalue weighted by Gasteiger charge is 2.06. The van der Waals surface area contributed by atoms with Gasteiger partial charge in [-0.1, -0.05) is 0 Å². The Labute approximate surface area is 118 Å². The maximum atomic E-state index is 12.0. The lowest BCUT2D eigenvalue weighted by Crippen LogP contribution is -2.22. The average molecular weight is 322 g/mol. The molecule has 2 rings (SSSR count). The molecule has 2 aromatic rings. The normalized spacial score (nSPS) is 10.3. The lowest BCUT2D eigenvalue weighted by atomic mass is 10.2. The number of benzene rings is 1. The molecule has 0 aliphatic carbocycles. The summed E-state index contributed by atoms with van der Waals surface area (Å²) in [6, 6.07) is 8.57. The highest BCUT2D eigenvalue weighted by molar-refractivity contribution is 9.10. The number of aryl methyl sites for hydroxylation is 1. The van der Waals surface area contributed by atoms with Crippen molar-refractivity contribution in [2.75, 3.05) is 5.32 Å². The third-order valence-corrected chi connectivity index (χ3v) is 2.99. The Morgan fingerprint density at radius 3 is 2.53 bits per heavy atom. The molecule has 0 fully saturated rings. The second kappa shape index (κ2) is 5.36. The summed E-state index contributed by atoms with van der Waals surface area (Å²) >= 11 is 3.21. The van der Waals surface area contributed by atoms with Crippen LogP contribution in [-0.2, 0) is 4.79 Å². The van der Waals surface area contributed by atoms with E-state index in [9.17, 15) is 9.59 Å². The Morgan fingerprint density at radius 1 is 1.32 bits per heavy atom. The van der Waals surface area contributed by atoms with Crippen LogP contribution in [0.25, 0.3) is 5.69 Å². The number of anilines is 1. The van der Waals surface area contributed by atoms with Gasteiger partial charge in [0.05, 0.1) is 15.9 Å². The van der Waals surface area contributed by atoms with E-state index in [1.807, 2.05) is 6.92 Å². The van der Waals surface area contributed by atoms with E-state index >= 15 is 0 Å². The molecule has 1 N–H and O–H groups in total. The van der Waals surface area contributed by atoms with Gasteiger partial charge in [-0.05, 0) is 53.2 Å². The van der Waals surface area contributed by atoms with E-state index in [4.69, 9.17) is 0 Å². The van der Waals surface area contributed by atoms with Crippen LogP contribution in [0.3, 0.4) is 0 Å². The lowest BCUT2D eigenvalue weighted by molar-refractivity contribution is -0.114. The standard InChI is InChI=1S/C13H12BrN3O2/c1-8-7-12(14)13(19)17(16-8)11-5-3-10(4-6-11)15-9(2)18/h3-7H,1-2H3,(H,15,18). The van der Waals surface area contributed by atoms with Gasteiger partial charge >= 0.3 is 0 Å². The molecule has 1 heterocycles.